The maximum absolute atomic E-state index is 14.5. The van der Waals surface area contributed by atoms with Gasteiger partial charge < -0.3 is 5.32 Å². The zero-order valence-corrected chi connectivity index (χ0v) is 17.3. The van der Waals surface area contributed by atoms with E-state index in [2.05, 4.69) is 10.3 Å². The van der Waals surface area contributed by atoms with Gasteiger partial charge in [-0.3, -0.25) is 24.3 Å². The van der Waals surface area contributed by atoms with Crippen LogP contribution >= 0.6 is 11.6 Å². The minimum absolute atomic E-state index is 0.0320. The van der Waals surface area contributed by atoms with Crippen LogP contribution in [0.2, 0.25) is 5.02 Å². The molecular weight excluding hydrogens is 439 g/mol. The van der Waals surface area contributed by atoms with Gasteiger partial charge in [0.05, 0.1) is 37.8 Å². The van der Waals surface area contributed by atoms with Crippen molar-refractivity contribution in [3.63, 3.8) is 0 Å². The Labute approximate surface area is 185 Å². The number of aromatic nitrogens is 2. The molecule has 32 heavy (non-hydrogen) atoms. The first-order chi connectivity index (χ1) is 15.3. The molecule has 10 heteroatoms. The van der Waals surface area contributed by atoms with Crippen LogP contribution in [0.3, 0.4) is 0 Å². The van der Waals surface area contributed by atoms with Gasteiger partial charge in [0.2, 0.25) is 0 Å². The number of para-hydroxylation sites is 1. The Morgan fingerprint density at radius 2 is 1.91 bits per heavy atom. The quantitative estimate of drug-likeness (QED) is 0.358. The molecule has 0 aliphatic heterocycles. The van der Waals surface area contributed by atoms with Gasteiger partial charge in [0, 0.05) is 12.1 Å². The van der Waals surface area contributed by atoms with Crippen LogP contribution < -0.4 is 10.9 Å². The van der Waals surface area contributed by atoms with Crippen molar-refractivity contribution in [1.82, 2.24) is 9.55 Å². The minimum atomic E-state index is -0.838. The van der Waals surface area contributed by atoms with E-state index in [0.717, 1.165) is 18.2 Å². The summed E-state index contributed by atoms with van der Waals surface area (Å²) in [5.74, 6) is -1.22. The number of rotatable bonds is 4. The highest BCUT2D eigenvalue weighted by Gasteiger charge is 2.18. The molecule has 0 saturated heterocycles. The Balaban J connectivity index is 1.76. The largest absolute Gasteiger partial charge is 0.319 e. The van der Waals surface area contributed by atoms with E-state index in [-0.39, 0.29) is 33.2 Å². The number of hydrogen-bond donors (Lipinski definition) is 1. The van der Waals surface area contributed by atoms with Crippen molar-refractivity contribution in [2.24, 2.45) is 0 Å². The average Bonchev–Trinajstić information content (AvgIpc) is 2.76. The van der Waals surface area contributed by atoms with Crippen molar-refractivity contribution in [2.75, 3.05) is 5.32 Å². The van der Waals surface area contributed by atoms with Crippen LogP contribution in [-0.2, 0) is 0 Å². The number of nitro benzene ring substituents is 1. The number of nitrogens with one attached hydrogen (secondary N) is 1. The van der Waals surface area contributed by atoms with E-state index in [1.165, 1.54) is 22.8 Å². The lowest BCUT2D eigenvalue weighted by molar-refractivity contribution is -0.384. The fraction of sp³-hybridized carbons (Fsp3) is 0.0455. The summed E-state index contributed by atoms with van der Waals surface area (Å²) in [6.45, 7) is 1.64. The van der Waals surface area contributed by atoms with Crippen molar-refractivity contribution in [2.45, 2.75) is 6.92 Å². The van der Waals surface area contributed by atoms with Crippen molar-refractivity contribution in [3.8, 4) is 5.69 Å². The van der Waals surface area contributed by atoms with Crippen LogP contribution in [-0.4, -0.2) is 20.4 Å². The normalized spacial score (nSPS) is 10.8. The number of nitrogens with zero attached hydrogens (tertiary/aromatic N) is 3. The molecule has 0 aliphatic carbocycles. The van der Waals surface area contributed by atoms with Gasteiger partial charge >= 0.3 is 0 Å². The topological polar surface area (TPSA) is 107 Å². The van der Waals surface area contributed by atoms with Crippen molar-refractivity contribution in [1.29, 1.82) is 0 Å². The molecule has 0 aliphatic rings. The molecule has 1 heterocycles. The summed E-state index contributed by atoms with van der Waals surface area (Å²) in [5.41, 5.74) is -0.285. The number of nitro groups is 1. The fourth-order valence-electron chi connectivity index (χ4n) is 3.29. The van der Waals surface area contributed by atoms with E-state index in [1.54, 1.807) is 31.2 Å². The smallest absolute Gasteiger partial charge is 0.270 e. The second-order valence-electron chi connectivity index (χ2n) is 6.86. The molecule has 8 nitrogen and oxygen atoms in total. The monoisotopic (exact) mass is 452 g/mol. The van der Waals surface area contributed by atoms with E-state index in [4.69, 9.17) is 11.6 Å². The van der Waals surface area contributed by atoms with Crippen molar-refractivity contribution >= 4 is 39.8 Å². The Morgan fingerprint density at radius 1 is 1.16 bits per heavy atom. The van der Waals surface area contributed by atoms with E-state index in [1.807, 2.05) is 0 Å². The first-order valence-corrected chi connectivity index (χ1v) is 9.67. The van der Waals surface area contributed by atoms with Gasteiger partial charge in [-0.2, -0.15) is 0 Å². The molecule has 160 valence electrons. The SMILES string of the molecule is Cc1nc2ccccc2c(=O)n1-c1ccc(F)c(NC(=O)c2cc([N+](=O)[O-])ccc2Cl)c1. The molecule has 0 spiro atoms. The van der Waals surface area contributed by atoms with Crippen LogP contribution in [0.4, 0.5) is 15.8 Å². The standard InChI is InChI=1S/C22H14ClFN4O4/c1-12-25-19-5-3-2-4-15(19)22(30)27(12)13-7-9-18(24)20(11-13)26-21(29)16-10-14(28(31)32)6-8-17(16)23/h2-11H,1H3,(H,26,29). The number of non-ortho nitro benzene ring substituents is 1. The second-order valence-corrected chi connectivity index (χ2v) is 7.26. The maximum atomic E-state index is 14.5. The second kappa shape index (κ2) is 8.20. The van der Waals surface area contributed by atoms with Crippen LogP contribution in [0.5, 0.6) is 0 Å². The molecule has 1 aromatic heterocycles. The van der Waals surface area contributed by atoms with Crippen LogP contribution in [0.25, 0.3) is 16.6 Å². The first-order valence-electron chi connectivity index (χ1n) is 9.30. The third-order valence-corrected chi connectivity index (χ3v) is 5.13. The molecule has 4 aromatic rings. The third-order valence-electron chi connectivity index (χ3n) is 4.81. The summed E-state index contributed by atoms with van der Waals surface area (Å²) >= 11 is 6.00. The van der Waals surface area contributed by atoms with Gasteiger partial charge in [0.25, 0.3) is 17.2 Å². The first kappa shape index (κ1) is 21.1. The molecule has 0 bridgehead atoms. The Morgan fingerprint density at radius 3 is 2.66 bits per heavy atom. The zero-order valence-electron chi connectivity index (χ0n) is 16.5. The highest BCUT2D eigenvalue weighted by atomic mass is 35.5. The van der Waals surface area contributed by atoms with Crippen LogP contribution in [0.1, 0.15) is 16.2 Å². The number of benzene rings is 3. The van der Waals surface area contributed by atoms with Gasteiger partial charge in [0.15, 0.2) is 0 Å². The summed E-state index contributed by atoms with van der Waals surface area (Å²) in [4.78, 5) is 40.4. The van der Waals surface area contributed by atoms with Gasteiger partial charge in [-0.1, -0.05) is 23.7 Å². The van der Waals surface area contributed by atoms with Gasteiger partial charge in [-0.25, -0.2) is 9.37 Å². The average molecular weight is 453 g/mol. The summed E-state index contributed by atoms with van der Waals surface area (Å²) in [7, 11) is 0. The van der Waals surface area contributed by atoms with Crippen LogP contribution in [0.15, 0.2) is 65.5 Å². The number of aryl methyl sites for hydroxylation is 1. The molecule has 0 unspecified atom stereocenters. The summed E-state index contributed by atoms with van der Waals surface area (Å²) in [6, 6.07) is 14.0. The Kier molecular flexibility index (Phi) is 5.41. The lowest BCUT2D eigenvalue weighted by Crippen LogP contribution is -2.22. The molecule has 4 rings (SSSR count). The maximum Gasteiger partial charge on any atom is 0.270 e. The molecule has 1 amide bonds. The number of fused-ring (bicyclic) bond motifs is 1. The molecular formula is C22H14ClFN4O4. The summed E-state index contributed by atoms with van der Waals surface area (Å²) in [5, 5.41) is 13.7. The Bertz CT molecular complexity index is 1470. The lowest BCUT2D eigenvalue weighted by atomic mass is 10.1. The molecule has 0 fully saturated rings. The summed E-state index contributed by atoms with van der Waals surface area (Å²) in [6.07, 6.45) is 0. The number of hydrogen-bond acceptors (Lipinski definition) is 5. The number of carbonyl (C=O) groups is 1. The predicted molar refractivity (Wildman–Crippen MR) is 118 cm³/mol. The van der Waals surface area contributed by atoms with Gasteiger partial charge in [-0.15, -0.1) is 0 Å². The molecule has 1 N–H and O–H groups in total. The highest BCUT2D eigenvalue weighted by Crippen LogP contribution is 2.25. The molecule has 0 atom stereocenters. The predicted octanol–water partition coefficient (Wildman–Crippen LogP) is 4.65. The highest BCUT2D eigenvalue weighted by molar-refractivity contribution is 6.34. The third kappa shape index (κ3) is 3.81. The summed E-state index contributed by atoms with van der Waals surface area (Å²) < 4.78 is 15.8. The van der Waals surface area contributed by atoms with E-state index >= 15 is 0 Å². The molecule has 0 radical (unpaired) electrons. The molecule has 0 saturated carbocycles. The zero-order chi connectivity index (χ0) is 23.0. The lowest BCUT2D eigenvalue weighted by Gasteiger charge is -2.13. The number of carbonyl (C=O) groups excluding carboxylic acids is 1. The van der Waals surface area contributed by atoms with E-state index in [9.17, 15) is 24.1 Å². The number of anilines is 1. The number of amides is 1. The van der Waals surface area contributed by atoms with Gasteiger partial charge in [-0.05, 0) is 43.3 Å². The fourth-order valence-corrected chi connectivity index (χ4v) is 3.49. The van der Waals surface area contributed by atoms with Crippen LogP contribution in [0, 0.1) is 22.9 Å². The molecule has 3 aromatic carbocycles. The minimum Gasteiger partial charge on any atom is -0.319 e. The van der Waals surface area contributed by atoms with E-state index < -0.39 is 16.6 Å². The van der Waals surface area contributed by atoms with Crippen molar-refractivity contribution < 1.29 is 14.1 Å². The van der Waals surface area contributed by atoms with Gasteiger partial charge in [0.1, 0.15) is 11.6 Å². The Hall–Kier alpha value is -4.11. The van der Waals surface area contributed by atoms with E-state index in [0.29, 0.717) is 16.7 Å². The number of halogens is 2. The van der Waals surface area contributed by atoms with Crippen molar-refractivity contribution in [3.05, 3.63) is 103 Å².